The highest BCUT2D eigenvalue weighted by atomic mass is 79.9. The van der Waals surface area contributed by atoms with Crippen LogP contribution in [0.1, 0.15) is 32.3 Å². The number of rotatable bonds is 12. The van der Waals surface area contributed by atoms with E-state index in [0.717, 1.165) is 16.3 Å². The van der Waals surface area contributed by atoms with E-state index < -0.39 is 16.1 Å². The first kappa shape index (κ1) is 27.7. The number of nitrogens with one attached hydrogen (secondary N) is 1. The number of likely N-dealkylation sites (N-methyl/N-ethyl adjacent to an activating group) is 1. The molecule has 186 valence electrons. The van der Waals surface area contributed by atoms with E-state index in [4.69, 9.17) is 4.74 Å². The molecule has 2 aromatic carbocycles. The predicted molar refractivity (Wildman–Crippen MR) is 137 cm³/mol. The van der Waals surface area contributed by atoms with Crippen molar-refractivity contribution in [3.05, 3.63) is 58.6 Å². The minimum absolute atomic E-state index is 0.0815. The van der Waals surface area contributed by atoms with Crippen LogP contribution in [0.4, 0.5) is 5.69 Å². The molecule has 1 unspecified atom stereocenters. The minimum Gasteiger partial charge on any atom is -0.492 e. The van der Waals surface area contributed by atoms with E-state index in [1.165, 1.54) is 16.3 Å². The number of carbonyl (C=O) groups is 2. The Morgan fingerprint density at radius 3 is 2.47 bits per heavy atom. The van der Waals surface area contributed by atoms with E-state index in [-0.39, 0.29) is 37.7 Å². The van der Waals surface area contributed by atoms with Crippen molar-refractivity contribution in [1.82, 2.24) is 10.2 Å². The maximum absolute atomic E-state index is 13.2. The van der Waals surface area contributed by atoms with Crippen molar-refractivity contribution >= 4 is 43.5 Å². The standard InChI is InChI=1S/C24H32BrN3O5S/c1-5-33-22-13-7-6-12-21(22)28(34(4,31)32)15-9-14-23(29)27(18(2)24(30)26-3)17-19-10-8-11-20(25)16-19/h6-8,10-13,16,18H,5,9,14-15,17H2,1-4H3,(H,26,30). The van der Waals surface area contributed by atoms with Crippen molar-refractivity contribution in [2.45, 2.75) is 39.3 Å². The highest BCUT2D eigenvalue weighted by Crippen LogP contribution is 2.30. The number of nitrogens with zero attached hydrogens (tertiary/aromatic N) is 2. The molecule has 0 saturated heterocycles. The summed E-state index contributed by atoms with van der Waals surface area (Å²) >= 11 is 3.43. The molecule has 0 aromatic heterocycles. The highest BCUT2D eigenvalue weighted by molar-refractivity contribution is 9.10. The Bertz CT molecular complexity index is 1090. The smallest absolute Gasteiger partial charge is 0.242 e. The molecule has 0 spiro atoms. The van der Waals surface area contributed by atoms with Crippen LogP contribution in [-0.4, -0.2) is 57.6 Å². The van der Waals surface area contributed by atoms with Gasteiger partial charge in [0.25, 0.3) is 0 Å². The molecule has 8 nitrogen and oxygen atoms in total. The summed E-state index contributed by atoms with van der Waals surface area (Å²) in [4.78, 5) is 27.0. The maximum Gasteiger partial charge on any atom is 0.242 e. The Hall–Kier alpha value is -2.59. The van der Waals surface area contributed by atoms with Gasteiger partial charge in [-0.3, -0.25) is 13.9 Å². The molecule has 1 atom stereocenters. The predicted octanol–water partition coefficient (Wildman–Crippen LogP) is 3.56. The summed E-state index contributed by atoms with van der Waals surface area (Å²) in [7, 11) is -2.08. The van der Waals surface area contributed by atoms with E-state index in [1.54, 1.807) is 31.2 Å². The Kier molecular flexibility index (Phi) is 10.4. The Labute approximate surface area is 210 Å². The molecule has 0 fully saturated rings. The lowest BCUT2D eigenvalue weighted by atomic mass is 10.1. The number of hydrogen-bond acceptors (Lipinski definition) is 5. The highest BCUT2D eigenvalue weighted by Gasteiger charge is 2.26. The minimum atomic E-state index is -3.60. The number of hydrogen-bond donors (Lipinski definition) is 1. The van der Waals surface area contributed by atoms with Crippen LogP contribution in [0, 0.1) is 0 Å². The number of para-hydroxylation sites is 2. The lowest BCUT2D eigenvalue weighted by molar-refractivity contribution is -0.140. The van der Waals surface area contributed by atoms with Gasteiger partial charge < -0.3 is 15.0 Å². The molecule has 0 aliphatic heterocycles. The van der Waals surface area contributed by atoms with Crippen molar-refractivity contribution < 1.29 is 22.7 Å². The summed E-state index contributed by atoms with van der Waals surface area (Å²) < 4.78 is 32.8. The molecule has 2 rings (SSSR count). The molecule has 2 aromatic rings. The van der Waals surface area contributed by atoms with Crippen molar-refractivity contribution in [3.63, 3.8) is 0 Å². The van der Waals surface area contributed by atoms with Crippen LogP contribution in [0.25, 0.3) is 0 Å². The average Bonchev–Trinajstić information content (AvgIpc) is 2.79. The Morgan fingerprint density at radius 1 is 1.15 bits per heavy atom. The van der Waals surface area contributed by atoms with Gasteiger partial charge in [0, 0.05) is 31.0 Å². The van der Waals surface area contributed by atoms with E-state index in [0.29, 0.717) is 18.0 Å². The normalized spacial score (nSPS) is 12.0. The largest absolute Gasteiger partial charge is 0.492 e. The van der Waals surface area contributed by atoms with Gasteiger partial charge in [-0.1, -0.05) is 40.2 Å². The second kappa shape index (κ2) is 12.8. The second-order valence-electron chi connectivity index (χ2n) is 7.78. The Balaban J connectivity index is 2.18. The number of sulfonamides is 1. The zero-order valence-electron chi connectivity index (χ0n) is 20.0. The van der Waals surface area contributed by atoms with Gasteiger partial charge >= 0.3 is 0 Å². The van der Waals surface area contributed by atoms with Gasteiger partial charge in [-0.05, 0) is 50.1 Å². The number of halogens is 1. The summed E-state index contributed by atoms with van der Waals surface area (Å²) in [5, 5.41) is 2.59. The van der Waals surface area contributed by atoms with E-state index in [9.17, 15) is 18.0 Å². The summed E-state index contributed by atoms with van der Waals surface area (Å²) in [6.07, 6.45) is 1.49. The molecule has 0 aliphatic carbocycles. The summed E-state index contributed by atoms with van der Waals surface area (Å²) in [5.41, 5.74) is 1.31. The summed E-state index contributed by atoms with van der Waals surface area (Å²) in [6, 6.07) is 13.8. The van der Waals surface area contributed by atoms with Gasteiger partial charge in [-0.2, -0.15) is 0 Å². The topological polar surface area (TPSA) is 96.0 Å². The zero-order valence-corrected chi connectivity index (χ0v) is 22.4. The first-order chi connectivity index (χ1) is 16.1. The monoisotopic (exact) mass is 553 g/mol. The quantitative estimate of drug-likeness (QED) is 0.433. The second-order valence-corrected chi connectivity index (χ2v) is 10.6. The van der Waals surface area contributed by atoms with E-state index in [1.807, 2.05) is 31.2 Å². The molecule has 0 saturated carbocycles. The van der Waals surface area contributed by atoms with Gasteiger partial charge in [0.1, 0.15) is 11.8 Å². The number of amides is 2. The molecule has 1 N–H and O–H groups in total. The number of anilines is 1. The Morgan fingerprint density at radius 2 is 1.85 bits per heavy atom. The van der Waals surface area contributed by atoms with Crippen LogP contribution in [0.15, 0.2) is 53.0 Å². The van der Waals surface area contributed by atoms with Crippen LogP contribution in [0.3, 0.4) is 0 Å². The average molecular weight is 555 g/mol. The molecule has 0 aliphatic rings. The number of ether oxygens (including phenoxy) is 1. The molecule has 34 heavy (non-hydrogen) atoms. The third-order valence-electron chi connectivity index (χ3n) is 5.24. The first-order valence-corrected chi connectivity index (χ1v) is 13.7. The van der Waals surface area contributed by atoms with Gasteiger partial charge in [0.15, 0.2) is 0 Å². The van der Waals surface area contributed by atoms with Crippen LogP contribution in [0.5, 0.6) is 5.75 Å². The molecule has 0 heterocycles. The molecule has 0 radical (unpaired) electrons. The molecule has 0 bridgehead atoms. The number of carbonyl (C=O) groups excluding carboxylic acids is 2. The SMILES string of the molecule is CCOc1ccccc1N(CCCC(=O)N(Cc1cccc(Br)c1)C(C)C(=O)NC)S(C)(=O)=O. The van der Waals surface area contributed by atoms with Crippen LogP contribution in [0.2, 0.25) is 0 Å². The fourth-order valence-electron chi connectivity index (χ4n) is 3.55. The summed E-state index contributed by atoms with van der Waals surface area (Å²) in [6.45, 7) is 4.27. The van der Waals surface area contributed by atoms with Gasteiger partial charge in [0.05, 0.1) is 18.6 Å². The van der Waals surface area contributed by atoms with Crippen molar-refractivity contribution in [2.75, 3.05) is 30.8 Å². The fraction of sp³-hybridized carbons (Fsp3) is 0.417. The van der Waals surface area contributed by atoms with Crippen LogP contribution >= 0.6 is 15.9 Å². The van der Waals surface area contributed by atoms with Gasteiger partial charge in [-0.15, -0.1) is 0 Å². The van der Waals surface area contributed by atoms with Crippen molar-refractivity contribution in [3.8, 4) is 5.75 Å². The van der Waals surface area contributed by atoms with Crippen LogP contribution < -0.4 is 14.4 Å². The molecular weight excluding hydrogens is 522 g/mol. The van der Waals surface area contributed by atoms with E-state index in [2.05, 4.69) is 21.2 Å². The molecule has 2 amide bonds. The zero-order chi connectivity index (χ0) is 25.3. The lowest BCUT2D eigenvalue weighted by Crippen LogP contribution is -2.46. The fourth-order valence-corrected chi connectivity index (χ4v) is 4.96. The third-order valence-corrected chi connectivity index (χ3v) is 6.91. The molecular formula is C24H32BrN3O5S. The van der Waals surface area contributed by atoms with Crippen molar-refractivity contribution in [1.29, 1.82) is 0 Å². The summed E-state index contributed by atoms with van der Waals surface area (Å²) in [5.74, 6) is -0.0411. The van der Waals surface area contributed by atoms with Crippen LogP contribution in [-0.2, 0) is 26.2 Å². The number of benzene rings is 2. The molecule has 10 heteroatoms. The maximum atomic E-state index is 13.2. The van der Waals surface area contributed by atoms with Gasteiger partial charge in [0.2, 0.25) is 21.8 Å². The van der Waals surface area contributed by atoms with E-state index >= 15 is 0 Å². The lowest BCUT2D eigenvalue weighted by Gasteiger charge is -2.29. The van der Waals surface area contributed by atoms with Gasteiger partial charge in [-0.25, -0.2) is 8.42 Å². The first-order valence-electron chi connectivity index (χ1n) is 11.0. The third kappa shape index (κ3) is 7.73. The van der Waals surface area contributed by atoms with Crippen molar-refractivity contribution in [2.24, 2.45) is 0 Å².